The van der Waals surface area contributed by atoms with E-state index in [0.717, 1.165) is 17.6 Å². The molecule has 0 aliphatic rings. The predicted octanol–water partition coefficient (Wildman–Crippen LogP) is 4.16. The molecular formula is C17H22F2N2. The second kappa shape index (κ2) is 6.85. The largest absolute Gasteiger partial charge is 0.358 e. The number of aromatic amines is 1. The highest BCUT2D eigenvalue weighted by atomic mass is 19.3. The van der Waals surface area contributed by atoms with Crippen molar-refractivity contribution in [3.63, 3.8) is 0 Å². The fraction of sp³-hybridized carbons (Fsp3) is 0.412. The van der Waals surface area contributed by atoms with Crippen LogP contribution in [0.5, 0.6) is 0 Å². The maximum absolute atomic E-state index is 12.9. The zero-order valence-electron chi connectivity index (χ0n) is 12.6. The van der Waals surface area contributed by atoms with Crippen molar-refractivity contribution in [3.05, 3.63) is 48.2 Å². The highest BCUT2D eigenvalue weighted by Gasteiger charge is 2.22. The SMILES string of the molecule is C=CCN(CCc1c(C)[nH]c2ccccc12)C(C)C(F)F. The molecular weight excluding hydrogens is 270 g/mol. The van der Waals surface area contributed by atoms with Gasteiger partial charge in [-0.25, -0.2) is 8.78 Å². The van der Waals surface area contributed by atoms with Gasteiger partial charge in [0.1, 0.15) is 0 Å². The van der Waals surface area contributed by atoms with Crippen LogP contribution in [0.2, 0.25) is 0 Å². The molecule has 114 valence electrons. The van der Waals surface area contributed by atoms with Crippen LogP contribution < -0.4 is 0 Å². The number of nitrogens with one attached hydrogen (secondary N) is 1. The van der Waals surface area contributed by atoms with Gasteiger partial charge < -0.3 is 4.98 Å². The Morgan fingerprint density at radius 3 is 2.71 bits per heavy atom. The Morgan fingerprint density at radius 2 is 2.05 bits per heavy atom. The number of aromatic nitrogens is 1. The molecule has 0 bridgehead atoms. The van der Waals surface area contributed by atoms with Gasteiger partial charge in [-0.1, -0.05) is 24.3 Å². The van der Waals surface area contributed by atoms with Crippen molar-refractivity contribution in [2.24, 2.45) is 0 Å². The normalized spacial score (nSPS) is 13.2. The van der Waals surface area contributed by atoms with Crippen molar-refractivity contribution in [2.45, 2.75) is 32.7 Å². The minimum Gasteiger partial charge on any atom is -0.358 e. The number of para-hydroxylation sites is 1. The number of hydrogen-bond donors (Lipinski definition) is 1. The molecule has 0 aliphatic carbocycles. The zero-order valence-corrected chi connectivity index (χ0v) is 12.6. The maximum Gasteiger partial charge on any atom is 0.253 e. The van der Waals surface area contributed by atoms with Crippen LogP contribution in [-0.2, 0) is 6.42 Å². The van der Waals surface area contributed by atoms with Gasteiger partial charge in [-0.15, -0.1) is 6.58 Å². The summed E-state index contributed by atoms with van der Waals surface area (Å²) in [6.07, 6.45) is 0.0934. The van der Waals surface area contributed by atoms with E-state index in [1.165, 1.54) is 10.9 Å². The molecule has 2 nitrogen and oxygen atoms in total. The smallest absolute Gasteiger partial charge is 0.253 e. The van der Waals surface area contributed by atoms with Gasteiger partial charge in [0.2, 0.25) is 0 Å². The number of benzene rings is 1. The molecule has 0 spiro atoms. The number of aryl methyl sites for hydroxylation is 1. The van der Waals surface area contributed by atoms with Gasteiger partial charge in [0.25, 0.3) is 6.43 Å². The Kier molecular flexibility index (Phi) is 5.12. The van der Waals surface area contributed by atoms with Crippen molar-refractivity contribution in [1.82, 2.24) is 9.88 Å². The van der Waals surface area contributed by atoms with Gasteiger partial charge >= 0.3 is 0 Å². The lowest BCUT2D eigenvalue weighted by Gasteiger charge is -2.27. The molecule has 1 atom stereocenters. The summed E-state index contributed by atoms with van der Waals surface area (Å²) in [4.78, 5) is 5.12. The van der Waals surface area contributed by atoms with Crippen LogP contribution in [0, 0.1) is 6.92 Å². The van der Waals surface area contributed by atoms with Gasteiger partial charge in [-0.3, -0.25) is 4.90 Å². The summed E-state index contributed by atoms with van der Waals surface area (Å²) in [5.74, 6) is 0. The maximum atomic E-state index is 12.9. The third-order valence-electron chi connectivity index (χ3n) is 3.98. The second-order valence-electron chi connectivity index (χ2n) is 5.38. The number of rotatable bonds is 7. The summed E-state index contributed by atoms with van der Waals surface area (Å²) < 4.78 is 25.8. The van der Waals surface area contributed by atoms with E-state index >= 15 is 0 Å². The molecule has 0 fully saturated rings. The van der Waals surface area contributed by atoms with Crippen LogP contribution in [-0.4, -0.2) is 35.4 Å². The molecule has 1 heterocycles. The predicted molar refractivity (Wildman–Crippen MR) is 84.0 cm³/mol. The number of nitrogens with zero attached hydrogens (tertiary/aromatic N) is 1. The Balaban J connectivity index is 2.15. The number of alkyl halides is 2. The Hall–Kier alpha value is -1.68. The van der Waals surface area contributed by atoms with Crippen molar-refractivity contribution >= 4 is 10.9 Å². The first-order valence-corrected chi connectivity index (χ1v) is 7.24. The molecule has 1 N–H and O–H groups in total. The van der Waals surface area contributed by atoms with Crippen LogP contribution in [0.25, 0.3) is 10.9 Å². The number of H-pyrrole nitrogens is 1. The van der Waals surface area contributed by atoms with E-state index in [9.17, 15) is 8.78 Å². The van der Waals surface area contributed by atoms with Gasteiger partial charge in [0.05, 0.1) is 6.04 Å². The van der Waals surface area contributed by atoms with Crippen molar-refractivity contribution in [1.29, 1.82) is 0 Å². The fourth-order valence-electron chi connectivity index (χ4n) is 2.70. The lowest BCUT2D eigenvalue weighted by molar-refractivity contribution is 0.0408. The topological polar surface area (TPSA) is 19.0 Å². The Bertz CT molecular complexity index is 604. The minimum absolute atomic E-state index is 0.479. The van der Waals surface area contributed by atoms with E-state index in [4.69, 9.17) is 0 Å². The van der Waals surface area contributed by atoms with E-state index < -0.39 is 12.5 Å². The minimum atomic E-state index is -2.34. The molecule has 2 rings (SSSR count). The van der Waals surface area contributed by atoms with Crippen LogP contribution in [0.4, 0.5) is 8.78 Å². The fourth-order valence-corrected chi connectivity index (χ4v) is 2.70. The van der Waals surface area contributed by atoms with E-state index in [-0.39, 0.29) is 0 Å². The summed E-state index contributed by atoms with van der Waals surface area (Å²) >= 11 is 0. The van der Waals surface area contributed by atoms with Crippen molar-refractivity contribution < 1.29 is 8.78 Å². The molecule has 4 heteroatoms. The molecule has 0 saturated heterocycles. The number of halogens is 2. The van der Waals surface area contributed by atoms with Crippen molar-refractivity contribution in [3.8, 4) is 0 Å². The zero-order chi connectivity index (χ0) is 15.4. The molecule has 0 amide bonds. The van der Waals surface area contributed by atoms with E-state index in [1.54, 1.807) is 17.9 Å². The average Bonchev–Trinajstić information content (AvgIpc) is 2.78. The van der Waals surface area contributed by atoms with E-state index in [2.05, 4.69) is 17.6 Å². The Morgan fingerprint density at radius 1 is 1.33 bits per heavy atom. The highest BCUT2D eigenvalue weighted by Crippen LogP contribution is 2.23. The Labute approximate surface area is 124 Å². The molecule has 0 aliphatic heterocycles. The standard InChI is InChI=1S/C17H22F2N2/c1-4-10-21(13(3)17(18)19)11-9-14-12(2)20-16-8-6-5-7-15(14)16/h4-8,13,17,20H,1,9-11H2,2-3H3. The second-order valence-corrected chi connectivity index (χ2v) is 5.38. The average molecular weight is 292 g/mol. The van der Waals surface area contributed by atoms with Gasteiger partial charge in [0.15, 0.2) is 0 Å². The summed E-state index contributed by atoms with van der Waals surface area (Å²) in [6, 6.07) is 7.35. The highest BCUT2D eigenvalue weighted by molar-refractivity contribution is 5.84. The molecule has 1 unspecified atom stereocenters. The number of hydrogen-bond acceptors (Lipinski definition) is 1. The van der Waals surface area contributed by atoms with Crippen LogP contribution >= 0.6 is 0 Å². The quantitative estimate of drug-likeness (QED) is 0.759. The number of fused-ring (bicyclic) bond motifs is 1. The van der Waals surface area contributed by atoms with Crippen LogP contribution in [0.3, 0.4) is 0 Å². The third kappa shape index (κ3) is 3.50. The molecule has 1 aromatic heterocycles. The molecule has 0 radical (unpaired) electrons. The first-order chi connectivity index (χ1) is 10.0. The van der Waals surface area contributed by atoms with E-state index in [0.29, 0.717) is 13.1 Å². The first kappa shape index (κ1) is 15.7. The van der Waals surface area contributed by atoms with Crippen LogP contribution in [0.1, 0.15) is 18.2 Å². The summed E-state index contributed by atoms with van der Waals surface area (Å²) in [6.45, 7) is 8.34. The van der Waals surface area contributed by atoms with Gasteiger partial charge in [0, 0.05) is 29.7 Å². The molecule has 0 saturated carbocycles. The third-order valence-corrected chi connectivity index (χ3v) is 3.98. The first-order valence-electron chi connectivity index (χ1n) is 7.24. The van der Waals surface area contributed by atoms with Gasteiger partial charge in [-0.2, -0.15) is 0 Å². The molecule has 21 heavy (non-hydrogen) atoms. The summed E-state index contributed by atoms with van der Waals surface area (Å²) in [5.41, 5.74) is 3.42. The van der Waals surface area contributed by atoms with Crippen LogP contribution in [0.15, 0.2) is 36.9 Å². The summed E-state index contributed by atoms with van der Waals surface area (Å²) in [5, 5.41) is 1.18. The lowest BCUT2D eigenvalue weighted by Crippen LogP contribution is -2.39. The summed E-state index contributed by atoms with van der Waals surface area (Å²) in [7, 11) is 0. The molecule has 1 aromatic carbocycles. The van der Waals surface area contributed by atoms with E-state index in [1.807, 2.05) is 25.1 Å². The van der Waals surface area contributed by atoms with Gasteiger partial charge in [-0.05, 0) is 31.9 Å². The monoisotopic (exact) mass is 292 g/mol. The lowest BCUT2D eigenvalue weighted by atomic mass is 10.1. The van der Waals surface area contributed by atoms with Crippen molar-refractivity contribution in [2.75, 3.05) is 13.1 Å². The molecule has 2 aromatic rings.